The number of nitro groups is 1. The third-order valence-corrected chi connectivity index (χ3v) is 2.59. The summed E-state index contributed by atoms with van der Waals surface area (Å²) in [5.74, 6) is 0. The summed E-state index contributed by atoms with van der Waals surface area (Å²) in [6.45, 7) is 5.83. The highest BCUT2D eigenvalue weighted by molar-refractivity contribution is 5.54. The number of ether oxygens (including phenoxy) is 1. The van der Waals surface area contributed by atoms with Crippen LogP contribution in [-0.2, 0) is 4.74 Å². The Labute approximate surface area is 101 Å². The Hall–Kier alpha value is -1.62. The van der Waals surface area contributed by atoms with Gasteiger partial charge in [0.25, 0.3) is 5.69 Å². The van der Waals surface area contributed by atoms with E-state index in [0.29, 0.717) is 18.8 Å². The van der Waals surface area contributed by atoms with E-state index in [-0.39, 0.29) is 10.6 Å². The normalized spacial score (nSPS) is 10.3. The standard InChI is InChI=1S/C12H18N2O3/c1-4-17-8-7-13(3)11-5-6-12(14(15)16)10(2)9-11/h5-6,9H,4,7-8H2,1-3H3. The molecule has 0 aromatic heterocycles. The molecule has 0 amide bonds. The molecule has 5 nitrogen and oxygen atoms in total. The van der Waals surface area contributed by atoms with Crippen molar-refractivity contribution in [1.82, 2.24) is 0 Å². The van der Waals surface area contributed by atoms with Gasteiger partial charge in [0.1, 0.15) is 0 Å². The van der Waals surface area contributed by atoms with E-state index in [2.05, 4.69) is 0 Å². The Kier molecular flexibility index (Phi) is 4.90. The van der Waals surface area contributed by atoms with Crippen LogP contribution in [0.5, 0.6) is 0 Å². The minimum absolute atomic E-state index is 0.159. The Morgan fingerprint density at radius 1 is 1.47 bits per heavy atom. The first kappa shape index (κ1) is 13.4. The van der Waals surface area contributed by atoms with Crippen LogP contribution in [0.25, 0.3) is 0 Å². The van der Waals surface area contributed by atoms with E-state index in [4.69, 9.17) is 4.74 Å². The van der Waals surface area contributed by atoms with E-state index in [1.807, 2.05) is 24.9 Å². The maximum absolute atomic E-state index is 10.7. The quantitative estimate of drug-likeness (QED) is 0.434. The maximum Gasteiger partial charge on any atom is 0.272 e. The van der Waals surface area contributed by atoms with Crippen molar-refractivity contribution in [2.45, 2.75) is 13.8 Å². The minimum Gasteiger partial charge on any atom is -0.380 e. The summed E-state index contributed by atoms with van der Waals surface area (Å²) >= 11 is 0. The molecule has 5 heteroatoms. The molecule has 94 valence electrons. The smallest absolute Gasteiger partial charge is 0.272 e. The number of anilines is 1. The van der Waals surface area contributed by atoms with Crippen molar-refractivity contribution in [1.29, 1.82) is 0 Å². The lowest BCUT2D eigenvalue weighted by Crippen LogP contribution is -2.22. The van der Waals surface area contributed by atoms with E-state index < -0.39 is 0 Å². The summed E-state index contributed by atoms with van der Waals surface area (Å²) in [5, 5.41) is 10.7. The number of likely N-dealkylation sites (N-methyl/N-ethyl adjacent to an activating group) is 1. The largest absolute Gasteiger partial charge is 0.380 e. The first-order valence-electron chi connectivity index (χ1n) is 5.60. The average molecular weight is 238 g/mol. The number of nitro benzene ring substituents is 1. The number of aryl methyl sites for hydroxylation is 1. The monoisotopic (exact) mass is 238 g/mol. The van der Waals surface area contributed by atoms with Crippen LogP contribution in [0.4, 0.5) is 11.4 Å². The Morgan fingerprint density at radius 3 is 2.71 bits per heavy atom. The Balaban J connectivity index is 2.72. The highest BCUT2D eigenvalue weighted by Gasteiger charge is 2.11. The first-order valence-corrected chi connectivity index (χ1v) is 5.60. The molecule has 0 atom stereocenters. The fraction of sp³-hybridized carbons (Fsp3) is 0.500. The fourth-order valence-corrected chi connectivity index (χ4v) is 1.56. The molecule has 0 radical (unpaired) electrons. The zero-order valence-electron chi connectivity index (χ0n) is 10.5. The van der Waals surface area contributed by atoms with Gasteiger partial charge in [-0.25, -0.2) is 0 Å². The maximum atomic E-state index is 10.7. The van der Waals surface area contributed by atoms with Crippen molar-refractivity contribution in [3.8, 4) is 0 Å². The molecule has 0 saturated carbocycles. The molecule has 0 aliphatic carbocycles. The first-order chi connectivity index (χ1) is 8.06. The Bertz CT molecular complexity index is 393. The van der Waals surface area contributed by atoms with Gasteiger partial charge in [-0.1, -0.05) is 0 Å². The number of hydrogen-bond acceptors (Lipinski definition) is 4. The summed E-state index contributed by atoms with van der Waals surface area (Å²) in [4.78, 5) is 12.3. The lowest BCUT2D eigenvalue weighted by molar-refractivity contribution is -0.385. The van der Waals surface area contributed by atoms with E-state index in [9.17, 15) is 10.1 Å². The fourth-order valence-electron chi connectivity index (χ4n) is 1.56. The topological polar surface area (TPSA) is 55.6 Å². The van der Waals surface area contributed by atoms with Crippen LogP contribution in [0.15, 0.2) is 18.2 Å². The third kappa shape index (κ3) is 3.71. The van der Waals surface area contributed by atoms with E-state index in [1.54, 1.807) is 19.1 Å². The van der Waals surface area contributed by atoms with Gasteiger partial charge in [0.2, 0.25) is 0 Å². The van der Waals surface area contributed by atoms with E-state index in [0.717, 1.165) is 12.2 Å². The average Bonchev–Trinajstić information content (AvgIpc) is 2.28. The van der Waals surface area contributed by atoms with Crippen molar-refractivity contribution in [3.63, 3.8) is 0 Å². The number of hydrogen-bond donors (Lipinski definition) is 0. The highest BCUT2D eigenvalue weighted by Crippen LogP contribution is 2.23. The van der Waals surface area contributed by atoms with Crippen molar-refractivity contribution in [3.05, 3.63) is 33.9 Å². The van der Waals surface area contributed by atoms with Crippen LogP contribution in [0.1, 0.15) is 12.5 Å². The zero-order chi connectivity index (χ0) is 12.8. The summed E-state index contributed by atoms with van der Waals surface area (Å²) in [6.07, 6.45) is 0. The molecule has 0 heterocycles. The summed E-state index contributed by atoms with van der Waals surface area (Å²) < 4.78 is 5.27. The summed E-state index contributed by atoms with van der Waals surface area (Å²) in [7, 11) is 1.94. The SMILES string of the molecule is CCOCCN(C)c1ccc([N+](=O)[O-])c(C)c1. The van der Waals surface area contributed by atoms with Gasteiger partial charge in [0, 0.05) is 37.5 Å². The van der Waals surface area contributed by atoms with Crippen molar-refractivity contribution < 1.29 is 9.66 Å². The van der Waals surface area contributed by atoms with Crippen LogP contribution in [0.3, 0.4) is 0 Å². The zero-order valence-corrected chi connectivity index (χ0v) is 10.5. The molecule has 0 spiro atoms. The van der Waals surface area contributed by atoms with Gasteiger partial charge in [-0.2, -0.15) is 0 Å². The van der Waals surface area contributed by atoms with Crippen molar-refractivity contribution in [2.75, 3.05) is 31.7 Å². The van der Waals surface area contributed by atoms with Gasteiger partial charge < -0.3 is 9.64 Å². The van der Waals surface area contributed by atoms with Gasteiger partial charge in [-0.05, 0) is 26.0 Å². The summed E-state index contributed by atoms with van der Waals surface area (Å²) in [5.41, 5.74) is 1.80. The van der Waals surface area contributed by atoms with Crippen molar-refractivity contribution in [2.24, 2.45) is 0 Å². The second-order valence-corrected chi connectivity index (χ2v) is 3.85. The molecule has 0 aliphatic heterocycles. The number of rotatable bonds is 6. The second kappa shape index (κ2) is 6.20. The van der Waals surface area contributed by atoms with Crippen LogP contribution in [-0.4, -0.2) is 31.7 Å². The summed E-state index contributed by atoms with van der Waals surface area (Å²) in [6, 6.07) is 5.13. The molecule has 0 fully saturated rings. The highest BCUT2D eigenvalue weighted by atomic mass is 16.6. The second-order valence-electron chi connectivity index (χ2n) is 3.85. The number of benzene rings is 1. The van der Waals surface area contributed by atoms with Gasteiger partial charge in [-0.3, -0.25) is 10.1 Å². The van der Waals surface area contributed by atoms with Crippen LogP contribution >= 0.6 is 0 Å². The molecule has 1 rings (SSSR count). The van der Waals surface area contributed by atoms with Gasteiger partial charge in [-0.15, -0.1) is 0 Å². The predicted molar refractivity (Wildman–Crippen MR) is 67.6 cm³/mol. The molecule has 1 aromatic rings. The van der Waals surface area contributed by atoms with Crippen LogP contribution < -0.4 is 4.90 Å². The van der Waals surface area contributed by atoms with Gasteiger partial charge in [0.05, 0.1) is 11.5 Å². The minimum atomic E-state index is -0.362. The molecule has 0 aliphatic rings. The molecule has 0 bridgehead atoms. The molecular formula is C12H18N2O3. The van der Waals surface area contributed by atoms with E-state index in [1.165, 1.54) is 0 Å². The lowest BCUT2D eigenvalue weighted by atomic mass is 10.1. The third-order valence-electron chi connectivity index (χ3n) is 2.59. The lowest BCUT2D eigenvalue weighted by Gasteiger charge is -2.19. The molecule has 0 N–H and O–H groups in total. The molecular weight excluding hydrogens is 220 g/mol. The molecule has 1 aromatic carbocycles. The van der Waals surface area contributed by atoms with Gasteiger partial charge >= 0.3 is 0 Å². The Morgan fingerprint density at radius 2 is 2.18 bits per heavy atom. The van der Waals surface area contributed by atoms with Crippen molar-refractivity contribution >= 4 is 11.4 Å². The predicted octanol–water partition coefficient (Wildman–Crippen LogP) is 2.38. The molecule has 0 unspecified atom stereocenters. The molecule has 0 saturated heterocycles. The molecule has 17 heavy (non-hydrogen) atoms. The van der Waals surface area contributed by atoms with E-state index >= 15 is 0 Å². The van der Waals surface area contributed by atoms with Crippen LogP contribution in [0, 0.1) is 17.0 Å². The van der Waals surface area contributed by atoms with Gasteiger partial charge in [0.15, 0.2) is 0 Å². The number of nitrogens with zero attached hydrogens (tertiary/aromatic N) is 2. The van der Waals surface area contributed by atoms with Crippen LogP contribution in [0.2, 0.25) is 0 Å².